The highest BCUT2D eigenvalue weighted by atomic mass is 32.2. The summed E-state index contributed by atoms with van der Waals surface area (Å²) in [5.74, 6) is -0.229. The molecule has 124 valence electrons. The van der Waals surface area contributed by atoms with Crippen LogP contribution in [-0.4, -0.2) is 53.6 Å². The first kappa shape index (κ1) is 21.2. The Hall–Kier alpha value is -0.810. The van der Waals surface area contributed by atoms with E-state index < -0.39 is 33.0 Å². The molecular formula is C15H22B4O4S. The van der Waals surface area contributed by atoms with Crippen LogP contribution in [0, 0.1) is 0 Å². The van der Waals surface area contributed by atoms with Gasteiger partial charge in [-0.05, 0) is 30.5 Å². The SMILES string of the molecule is [B]B([B])C(C)(CCS(=O)(=O)O)CC([B])(CC)Cc1ccc(O)cc1. The first-order chi connectivity index (χ1) is 10.9. The summed E-state index contributed by atoms with van der Waals surface area (Å²) in [5.41, 5.74) is 0.958. The van der Waals surface area contributed by atoms with Gasteiger partial charge in [0.15, 0.2) is 0 Å². The normalized spacial score (nSPS) is 17.0. The van der Waals surface area contributed by atoms with Gasteiger partial charge in [-0.2, -0.15) is 8.42 Å². The molecule has 2 N–H and O–H groups in total. The van der Waals surface area contributed by atoms with Gasteiger partial charge in [0, 0.05) is 15.5 Å². The number of hydrogen-bond donors (Lipinski definition) is 2. The maximum Gasteiger partial charge on any atom is 0.264 e. The Labute approximate surface area is 149 Å². The average molecular weight is 342 g/mol. The van der Waals surface area contributed by atoms with E-state index in [1.54, 1.807) is 31.2 Å². The first-order valence-electron chi connectivity index (χ1n) is 7.92. The van der Waals surface area contributed by atoms with Gasteiger partial charge in [-0.1, -0.05) is 49.5 Å². The van der Waals surface area contributed by atoms with E-state index in [1.165, 1.54) is 0 Å². The van der Waals surface area contributed by atoms with Gasteiger partial charge in [-0.25, -0.2) is 0 Å². The zero-order valence-corrected chi connectivity index (χ0v) is 15.1. The molecule has 0 aliphatic heterocycles. The summed E-state index contributed by atoms with van der Waals surface area (Å²) < 4.78 is 31.2. The van der Waals surface area contributed by atoms with Gasteiger partial charge in [0.25, 0.3) is 10.1 Å². The van der Waals surface area contributed by atoms with Crippen LogP contribution in [-0.2, 0) is 16.5 Å². The minimum absolute atomic E-state index is 0.123. The molecule has 2 atom stereocenters. The molecule has 0 spiro atoms. The molecule has 0 aromatic heterocycles. The Balaban J connectivity index is 2.96. The zero-order valence-electron chi connectivity index (χ0n) is 14.3. The smallest absolute Gasteiger partial charge is 0.264 e. The third-order valence-electron chi connectivity index (χ3n) is 4.69. The van der Waals surface area contributed by atoms with Crippen molar-refractivity contribution in [2.75, 3.05) is 5.75 Å². The van der Waals surface area contributed by atoms with Gasteiger partial charge in [0.05, 0.1) is 20.1 Å². The predicted molar refractivity (Wildman–Crippen MR) is 102 cm³/mol. The molecule has 0 heterocycles. The Morgan fingerprint density at radius 3 is 2.17 bits per heavy atom. The van der Waals surface area contributed by atoms with E-state index >= 15 is 0 Å². The van der Waals surface area contributed by atoms with Crippen LogP contribution in [0.25, 0.3) is 0 Å². The topological polar surface area (TPSA) is 74.6 Å². The fourth-order valence-corrected chi connectivity index (χ4v) is 3.60. The highest BCUT2D eigenvalue weighted by Gasteiger charge is 2.37. The highest BCUT2D eigenvalue weighted by Crippen LogP contribution is 2.49. The average Bonchev–Trinajstić information content (AvgIpc) is 2.47. The molecule has 2 unspecified atom stereocenters. The van der Waals surface area contributed by atoms with Gasteiger partial charge in [-0.3, -0.25) is 4.55 Å². The minimum atomic E-state index is -4.10. The quantitative estimate of drug-likeness (QED) is 0.531. The van der Waals surface area contributed by atoms with Crippen LogP contribution in [0.15, 0.2) is 24.3 Å². The third-order valence-corrected chi connectivity index (χ3v) is 5.41. The van der Waals surface area contributed by atoms with Crippen LogP contribution < -0.4 is 0 Å². The number of hydrogen-bond acceptors (Lipinski definition) is 3. The molecule has 1 rings (SSSR count). The van der Waals surface area contributed by atoms with Crippen LogP contribution in [0.2, 0.25) is 10.6 Å². The monoisotopic (exact) mass is 342 g/mol. The summed E-state index contributed by atoms with van der Waals surface area (Å²) in [6.45, 7) is 2.97. The summed E-state index contributed by atoms with van der Waals surface area (Å²) >= 11 is 0. The first-order valence-corrected chi connectivity index (χ1v) is 9.53. The van der Waals surface area contributed by atoms with E-state index in [1.807, 2.05) is 6.92 Å². The molecule has 0 aliphatic rings. The second kappa shape index (κ2) is 8.05. The van der Waals surface area contributed by atoms with Crippen molar-refractivity contribution >= 4 is 39.9 Å². The van der Waals surface area contributed by atoms with Crippen LogP contribution >= 0.6 is 0 Å². The van der Waals surface area contributed by atoms with Gasteiger partial charge in [0.2, 0.25) is 0 Å². The van der Waals surface area contributed by atoms with Gasteiger partial charge in [-0.15, -0.1) is 0 Å². The molecule has 9 heteroatoms. The lowest BCUT2D eigenvalue weighted by Gasteiger charge is -2.43. The number of phenolic OH excluding ortho intramolecular Hbond substituents is 1. The van der Waals surface area contributed by atoms with Crippen molar-refractivity contribution in [3.05, 3.63) is 29.8 Å². The van der Waals surface area contributed by atoms with Crippen LogP contribution in [0.3, 0.4) is 0 Å². The lowest BCUT2D eigenvalue weighted by Crippen LogP contribution is -2.37. The second-order valence-electron chi connectivity index (χ2n) is 6.95. The fraction of sp³-hybridized carbons (Fsp3) is 0.600. The van der Waals surface area contributed by atoms with E-state index in [4.69, 9.17) is 27.9 Å². The van der Waals surface area contributed by atoms with Crippen LogP contribution in [0.4, 0.5) is 0 Å². The maximum atomic E-state index is 11.1. The molecule has 0 saturated heterocycles. The van der Waals surface area contributed by atoms with Crippen molar-refractivity contribution in [1.29, 1.82) is 0 Å². The number of benzene rings is 1. The summed E-state index contributed by atoms with van der Waals surface area (Å²) in [6, 6.07) is 6.78. The molecule has 0 saturated carbocycles. The lowest BCUT2D eigenvalue weighted by molar-refractivity contribution is 0.396. The maximum absolute atomic E-state index is 11.1. The molecule has 0 aliphatic carbocycles. The van der Waals surface area contributed by atoms with Crippen molar-refractivity contribution in [2.45, 2.75) is 50.2 Å². The Morgan fingerprint density at radius 2 is 1.75 bits per heavy atom. The zero-order chi connectivity index (χ0) is 18.6. The molecule has 24 heavy (non-hydrogen) atoms. The van der Waals surface area contributed by atoms with Crippen molar-refractivity contribution in [1.82, 2.24) is 0 Å². The lowest BCUT2D eigenvalue weighted by atomic mass is 9.09. The summed E-state index contributed by atoms with van der Waals surface area (Å²) in [6.07, 6.45) is 1.71. The Bertz CT molecular complexity index is 635. The third kappa shape index (κ3) is 6.60. The predicted octanol–water partition coefficient (Wildman–Crippen LogP) is 1.93. The van der Waals surface area contributed by atoms with E-state index in [2.05, 4.69) is 0 Å². The largest absolute Gasteiger partial charge is 0.508 e. The van der Waals surface area contributed by atoms with Gasteiger partial charge < -0.3 is 5.11 Å². The van der Waals surface area contributed by atoms with Crippen LogP contribution in [0.5, 0.6) is 5.75 Å². The van der Waals surface area contributed by atoms with Crippen molar-refractivity contribution in [2.24, 2.45) is 0 Å². The molecule has 1 aromatic rings. The number of rotatable bonds is 9. The molecular weight excluding hydrogens is 319 g/mol. The van der Waals surface area contributed by atoms with Gasteiger partial charge >= 0.3 is 0 Å². The summed E-state index contributed by atoms with van der Waals surface area (Å²) in [7, 11) is 14.2. The number of aromatic hydroxyl groups is 1. The summed E-state index contributed by atoms with van der Waals surface area (Å²) in [5, 5.41) is 8.00. The minimum Gasteiger partial charge on any atom is -0.508 e. The molecule has 1 aromatic carbocycles. The molecule has 0 fully saturated rings. The Kier molecular flexibility index (Phi) is 7.12. The second-order valence-corrected chi connectivity index (χ2v) is 8.52. The molecule has 6 radical (unpaired) electrons. The van der Waals surface area contributed by atoms with Crippen LogP contribution in [0.1, 0.15) is 38.7 Å². The van der Waals surface area contributed by atoms with Crippen molar-refractivity contribution in [3.63, 3.8) is 0 Å². The Morgan fingerprint density at radius 1 is 1.21 bits per heavy atom. The summed E-state index contributed by atoms with van der Waals surface area (Å²) in [4.78, 5) is 0. The molecule has 0 amide bonds. The standard InChI is InChI=1S/C15H22B4O4S/c1-3-15(16,10-12-4-6-13(20)7-5-12)11-14(2,19(17)18)8-9-24(21,22)23/h4-7,20H,3,8-11H2,1-2H3,(H,21,22,23). The van der Waals surface area contributed by atoms with Crippen molar-refractivity contribution in [3.8, 4) is 5.75 Å². The fourth-order valence-electron chi connectivity index (χ4n) is 2.87. The molecule has 4 nitrogen and oxygen atoms in total. The van der Waals surface area contributed by atoms with E-state index in [9.17, 15) is 13.5 Å². The number of phenols is 1. The van der Waals surface area contributed by atoms with E-state index in [0.717, 1.165) is 5.56 Å². The van der Waals surface area contributed by atoms with Gasteiger partial charge in [0.1, 0.15) is 5.75 Å². The highest BCUT2D eigenvalue weighted by molar-refractivity contribution is 7.85. The van der Waals surface area contributed by atoms with E-state index in [0.29, 0.717) is 19.3 Å². The molecule has 0 bridgehead atoms. The van der Waals surface area contributed by atoms with E-state index in [-0.39, 0.29) is 12.2 Å². The van der Waals surface area contributed by atoms with Crippen molar-refractivity contribution < 1.29 is 18.1 Å².